The summed E-state index contributed by atoms with van der Waals surface area (Å²) in [5, 5.41) is 0. The average Bonchev–Trinajstić information content (AvgIpc) is 2.24. The maximum Gasteiger partial charge on any atom is 0.188 e. The third kappa shape index (κ3) is 3.23. The summed E-state index contributed by atoms with van der Waals surface area (Å²) in [5.41, 5.74) is 1.20. The molecule has 2 heteroatoms. The molecule has 1 aromatic carbocycles. The van der Waals surface area contributed by atoms with Crippen LogP contribution in [-0.2, 0) is 11.2 Å². The Balaban J connectivity index is 2.64. The molecule has 0 unspecified atom stereocenters. The first kappa shape index (κ1) is 10.8. The van der Waals surface area contributed by atoms with Gasteiger partial charge in [0.05, 0.1) is 0 Å². The zero-order chi connectivity index (χ0) is 10.2. The van der Waals surface area contributed by atoms with Gasteiger partial charge in [0.15, 0.2) is 6.79 Å². The smallest absolute Gasteiger partial charge is 0.188 e. The van der Waals surface area contributed by atoms with E-state index in [0.717, 1.165) is 18.6 Å². The van der Waals surface area contributed by atoms with Crippen molar-refractivity contribution in [1.29, 1.82) is 0 Å². The fourth-order valence-electron chi connectivity index (χ4n) is 1.23. The zero-order valence-corrected chi connectivity index (χ0v) is 8.53. The van der Waals surface area contributed by atoms with Crippen molar-refractivity contribution in [3.8, 4) is 5.75 Å². The molecule has 0 spiro atoms. The van der Waals surface area contributed by atoms with Crippen LogP contribution in [0.15, 0.2) is 36.9 Å². The van der Waals surface area contributed by atoms with Crippen LogP contribution in [0.25, 0.3) is 0 Å². The number of methoxy groups -OCH3 is 1. The van der Waals surface area contributed by atoms with Crippen molar-refractivity contribution in [1.82, 2.24) is 0 Å². The normalized spacial score (nSPS) is 9.79. The molecule has 2 nitrogen and oxygen atoms in total. The van der Waals surface area contributed by atoms with E-state index in [-0.39, 0.29) is 0 Å². The Morgan fingerprint density at radius 2 is 2.14 bits per heavy atom. The van der Waals surface area contributed by atoms with Crippen molar-refractivity contribution in [3.63, 3.8) is 0 Å². The molecule has 0 fully saturated rings. The van der Waals surface area contributed by atoms with E-state index in [9.17, 15) is 0 Å². The number of rotatable bonds is 6. The van der Waals surface area contributed by atoms with Crippen molar-refractivity contribution >= 4 is 0 Å². The molecule has 0 aromatic heterocycles. The van der Waals surface area contributed by atoms with Crippen LogP contribution in [0.5, 0.6) is 5.75 Å². The van der Waals surface area contributed by atoms with E-state index < -0.39 is 0 Å². The lowest BCUT2D eigenvalue weighted by molar-refractivity contribution is 0.0504. The molecule has 0 N–H and O–H groups in total. The lowest BCUT2D eigenvalue weighted by atomic mass is 10.1. The summed E-state index contributed by atoms with van der Waals surface area (Å²) in [4.78, 5) is 0. The molecule has 0 heterocycles. The van der Waals surface area contributed by atoms with Crippen LogP contribution in [0.3, 0.4) is 0 Å². The predicted molar refractivity (Wildman–Crippen MR) is 57.5 cm³/mol. The second kappa shape index (κ2) is 6.22. The fourth-order valence-corrected chi connectivity index (χ4v) is 1.23. The van der Waals surface area contributed by atoms with Crippen LogP contribution in [0, 0.1) is 0 Å². The second-order valence-electron chi connectivity index (χ2n) is 2.99. The molecule has 1 rings (SSSR count). The van der Waals surface area contributed by atoms with E-state index in [1.807, 2.05) is 24.3 Å². The summed E-state index contributed by atoms with van der Waals surface area (Å²) in [5.74, 6) is 0.899. The van der Waals surface area contributed by atoms with E-state index in [2.05, 4.69) is 12.6 Å². The number of aryl methyl sites for hydroxylation is 1. The Morgan fingerprint density at radius 3 is 2.86 bits per heavy atom. The minimum absolute atomic E-state index is 0.297. The quantitative estimate of drug-likeness (QED) is 0.509. The summed E-state index contributed by atoms with van der Waals surface area (Å²) < 4.78 is 10.3. The van der Waals surface area contributed by atoms with Crippen LogP contribution in [0.4, 0.5) is 0 Å². The summed E-state index contributed by atoms with van der Waals surface area (Å²) >= 11 is 0. The minimum atomic E-state index is 0.297. The highest BCUT2D eigenvalue weighted by Gasteiger charge is 2.00. The molecule has 0 amide bonds. The molecular formula is C12H16O2. The lowest BCUT2D eigenvalue weighted by Crippen LogP contribution is -2.01. The Morgan fingerprint density at radius 1 is 1.36 bits per heavy atom. The topological polar surface area (TPSA) is 18.5 Å². The van der Waals surface area contributed by atoms with Crippen LogP contribution < -0.4 is 4.74 Å². The third-order valence-electron chi connectivity index (χ3n) is 1.92. The molecule has 0 radical (unpaired) electrons. The summed E-state index contributed by atoms with van der Waals surface area (Å²) in [6, 6.07) is 7.99. The zero-order valence-electron chi connectivity index (χ0n) is 8.53. The summed E-state index contributed by atoms with van der Waals surface area (Å²) in [6.45, 7) is 4.00. The van der Waals surface area contributed by atoms with Gasteiger partial charge in [0, 0.05) is 7.11 Å². The van der Waals surface area contributed by atoms with Gasteiger partial charge in [0.25, 0.3) is 0 Å². The van der Waals surface area contributed by atoms with Crippen molar-refractivity contribution in [3.05, 3.63) is 42.5 Å². The first-order valence-electron chi connectivity index (χ1n) is 4.69. The van der Waals surface area contributed by atoms with Gasteiger partial charge in [-0.05, 0) is 24.5 Å². The van der Waals surface area contributed by atoms with E-state index in [0.29, 0.717) is 6.79 Å². The molecule has 1 aromatic rings. The molecule has 0 aliphatic heterocycles. The lowest BCUT2D eigenvalue weighted by Gasteiger charge is -2.09. The summed E-state index contributed by atoms with van der Waals surface area (Å²) in [6.07, 6.45) is 3.84. The predicted octanol–water partition coefficient (Wildman–Crippen LogP) is 2.79. The van der Waals surface area contributed by atoms with Gasteiger partial charge in [-0.3, -0.25) is 0 Å². The van der Waals surface area contributed by atoms with Gasteiger partial charge in [0.2, 0.25) is 0 Å². The highest BCUT2D eigenvalue weighted by Crippen LogP contribution is 2.19. The monoisotopic (exact) mass is 192 g/mol. The number of para-hydroxylation sites is 1. The number of hydrogen-bond donors (Lipinski definition) is 0. The molecule has 0 atom stereocenters. The Kier molecular flexibility index (Phi) is 4.79. The van der Waals surface area contributed by atoms with Crippen molar-refractivity contribution in [2.24, 2.45) is 0 Å². The van der Waals surface area contributed by atoms with Gasteiger partial charge in [-0.2, -0.15) is 0 Å². The van der Waals surface area contributed by atoms with E-state index in [4.69, 9.17) is 9.47 Å². The first-order valence-corrected chi connectivity index (χ1v) is 4.69. The van der Waals surface area contributed by atoms with Gasteiger partial charge in [-0.25, -0.2) is 0 Å². The molecule has 0 bridgehead atoms. The third-order valence-corrected chi connectivity index (χ3v) is 1.92. The van der Waals surface area contributed by atoms with Gasteiger partial charge < -0.3 is 9.47 Å². The molecule has 14 heavy (non-hydrogen) atoms. The second-order valence-corrected chi connectivity index (χ2v) is 2.99. The number of hydrogen-bond acceptors (Lipinski definition) is 2. The maximum absolute atomic E-state index is 5.43. The van der Waals surface area contributed by atoms with Gasteiger partial charge in [-0.1, -0.05) is 24.3 Å². The maximum atomic E-state index is 5.43. The van der Waals surface area contributed by atoms with Crippen molar-refractivity contribution in [2.45, 2.75) is 12.8 Å². The fraction of sp³-hybridized carbons (Fsp3) is 0.333. The average molecular weight is 192 g/mol. The standard InChI is InChI=1S/C12H16O2/c1-3-4-7-11-8-5-6-9-12(11)14-10-13-2/h3,5-6,8-9H,1,4,7,10H2,2H3. The Bertz CT molecular complexity index is 281. The molecule has 0 aliphatic rings. The Hall–Kier alpha value is -1.28. The molecule has 76 valence electrons. The highest BCUT2D eigenvalue weighted by atomic mass is 16.7. The van der Waals surface area contributed by atoms with E-state index >= 15 is 0 Å². The SMILES string of the molecule is C=CCCc1ccccc1OCOC. The van der Waals surface area contributed by atoms with Crippen LogP contribution in [0.1, 0.15) is 12.0 Å². The number of benzene rings is 1. The van der Waals surface area contributed by atoms with Crippen LogP contribution in [0.2, 0.25) is 0 Å². The minimum Gasteiger partial charge on any atom is -0.467 e. The van der Waals surface area contributed by atoms with Crippen molar-refractivity contribution in [2.75, 3.05) is 13.9 Å². The van der Waals surface area contributed by atoms with E-state index in [1.54, 1.807) is 7.11 Å². The van der Waals surface area contributed by atoms with Crippen LogP contribution in [-0.4, -0.2) is 13.9 Å². The van der Waals surface area contributed by atoms with Crippen LogP contribution >= 0.6 is 0 Å². The number of allylic oxidation sites excluding steroid dienone is 1. The molecule has 0 saturated heterocycles. The van der Waals surface area contributed by atoms with Gasteiger partial charge in [-0.15, -0.1) is 6.58 Å². The molecule has 0 aliphatic carbocycles. The largest absolute Gasteiger partial charge is 0.467 e. The molecule has 0 saturated carbocycles. The van der Waals surface area contributed by atoms with Gasteiger partial charge >= 0.3 is 0 Å². The molecular weight excluding hydrogens is 176 g/mol. The Labute approximate surface area is 85.2 Å². The van der Waals surface area contributed by atoms with Gasteiger partial charge in [0.1, 0.15) is 5.75 Å². The van der Waals surface area contributed by atoms with Crippen molar-refractivity contribution < 1.29 is 9.47 Å². The van der Waals surface area contributed by atoms with E-state index in [1.165, 1.54) is 5.56 Å². The highest BCUT2D eigenvalue weighted by molar-refractivity contribution is 5.33. The number of ether oxygens (including phenoxy) is 2. The summed E-state index contributed by atoms with van der Waals surface area (Å²) in [7, 11) is 1.62. The first-order chi connectivity index (χ1) is 6.88.